The molecule has 1 amide bonds. The number of ether oxygens (including phenoxy) is 2. The summed E-state index contributed by atoms with van der Waals surface area (Å²) in [5.74, 6) is 0.542. The molecule has 0 aliphatic heterocycles. The zero-order valence-corrected chi connectivity index (χ0v) is 19.7. The Balaban J connectivity index is 1.85. The van der Waals surface area contributed by atoms with Gasteiger partial charge in [0.25, 0.3) is 5.56 Å². The molecule has 0 saturated heterocycles. The summed E-state index contributed by atoms with van der Waals surface area (Å²) in [4.78, 5) is 40.0. The summed E-state index contributed by atoms with van der Waals surface area (Å²) in [6.45, 7) is 3.42. The molecule has 0 aliphatic rings. The van der Waals surface area contributed by atoms with Crippen LogP contribution in [0.15, 0.2) is 58.1 Å². The molecular formula is C25H26N4O5. The molecule has 2 aromatic heterocycles. The van der Waals surface area contributed by atoms with E-state index in [0.29, 0.717) is 33.9 Å². The predicted octanol–water partition coefficient (Wildman–Crippen LogP) is 2.76. The van der Waals surface area contributed by atoms with Crippen molar-refractivity contribution in [3.05, 3.63) is 80.6 Å². The van der Waals surface area contributed by atoms with Crippen LogP contribution in [0, 0.1) is 13.8 Å². The van der Waals surface area contributed by atoms with Gasteiger partial charge >= 0.3 is 5.69 Å². The Morgan fingerprint density at radius 3 is 2.44 bits per heavy atom. The van der Waals surface area contributed by atoms with E-state index in [1.54, 1.807) is 54.1 Å². The molecule has 2 heterocycles. The molecule has 0 radical (unpaired) electrons. The molecule has 9 nitrogen and oxygen atoms in total. The SMILES string of the molecule is COc1ccc(OC)c(NC(=O)Cn2c(=O)n(-c3cccc(C)c3)c(=O)c3c2cc(C)n3C)c1. The smallest absolute Gasteiger partial charge is 0.336 e. The number of carbonyl (C=O) groups is 1. The Labute approximate surface area is 195 Å². The van der Waals surface area contributed by atoms with Crippen LogP contribution in [0.1, 0.15) is 11.3 Å². The Hall–Kier alpha value is -4.27. The summed E-state index contributed by atoms with van der Waals surface area (Å²) < 4.78 is 14.7. The fourth-order valence-corrected chi connectivity index (χ4v) is 3.98. The van der Waals surface area contributed by atoms with Crippen molar-refractivity contribution < 1.29 is 14.3 Å². The van der Waals surface area contributed by atoms with E-state index in [-0.39, 0.29) is 6.54 Å². The third-order valence-corrected chi connectivity index (χ3v) is 5.81. The lowest BCUT2D eigenvalue weighted by atomic mass is 10.2. The Bertz CT molecular complexity index is 1530. The molecule has 0 bridgehead atoms. The number of fused-ring (bicyclic) bond motifs is 1. The van der Waals surface area contributed by atoms with Crippen LogP contribution in [0.2, 0.25) is 0 Å². The average molecular weight is 463 g/mol. The maximum Gasteiger partial charge on any atom is 0.336 e. The first-order valence-corrected chi connectivity index (χ1v) is 10.7. The molecule has 4 rings (SSSR count). The van der Waals surface area contributed by atoms with E-state index in [1.165, 1.54) is 18.8 Å². The van der Waals surface area contributed by atoms with Crippen molar-refractivity contribution in [2.75, 3.05) is 19.5 Å². The minimum Gasteiger partial charge on any atom is -0.497 e. The van der Waals surface area contributed by atoms with Crippen LogP contribution in [0.25, 0.3) is 16.7 Å². The summed E-state index contributed by atoms with van der Waals surface area (Å²) in [5, 5.41) is 2.78. The second kappa shape index (κ2) is 8.93. The lowest BCUT2D eigenvalue weighted by molar-refractivity contribution is -0.116. The molecule has 0 spiro atoms. The lowest BCUT2D eigenvalue weighted by Gasteiger charge is -2.15. The van der Waals surface area contributed by atoms with Gasteiger partial charge in [0.1, 0.15) is 23.6 Å². The quantitative estimate of drug-likeness (QED) is 0.475. The van der Waals surface area contributed by atoms with E-state index in [0.717, 1.165) is 15.8 Å². The Morgan fingerprint density at radius 2 is 1.76 bits per heavy atom. The number of amides is 1. The van der Waals surface area contributed by atoms with Crippen molar-refractivity contribution >= 4 is 22.6 Å². The van der Waals surface area contributed by atoms with Gasteiger partial charge in [0.05, 0.1) is 31.1 Å². The van der Waals surface area contributed by atoms with E-state index >= 15 is 0 Å². The number of carbonyl (C=O) groups excluding carboxylic acids is 1. The van der Waals surface area contributed by atoms with Gasteiger partial charge in [-0.15, -0.1) is 0 Å². The molecule has 0 unspecified atom stereocenters. The van der Waals surface area contributed by atoms with Crippen LogP contribution in [0.3, 0.4) is 0 Å². The number of benzene rings is 2. The minimum atomic E-state index is -0.596. The highest BCUT2D eigenvalue weighted by Crippen LogP contribution is 2.29. The van der Waals surface area contributed by atoms with Crippen molar-refractivity contribution in [3.63, 3.8) is 0 Å². The molecule has 0 aliphatic carbocycles. The third-order valence-electron chi connectivity index (χ3n) is 5.81. The van der Waals surface area contributed by atoms with E-state index in [1.807, 2.05) is 19.9 Å². The highest BCUT2D eigenvalue weighted by molar-refractivity contribution is 5.93. The minimum absolute atomic E-state index is 0.300. The van der Waals surface area contributed by atoms with Crippen LogP contribution in [0.5, 0.6) is 11.5 Å². The van der Waals surface area contributed by atoms with Gasteiger partial charge in [0.2, 0.25) is 5.91 Å². The van der Waals surface area contributed by atoms with Crippen molar-refractivity contribution in [2.24, 2.45) is 7.05 Å². The van der Waals surface area contributed by atoms with Crippen LogP contribution in [0.4, 0.5) is 5.69 Å². The molecule has 0 saturated carbocycles. The van der Waals surface area contributed by atoms with Crippen LogP contribution in [-0.2, 0) is 18.4 Å². The molecule has 34 heavy (non-hydrogen) atoms. The number of aromatic nitrogens is 3. The van der Waals surface area contributed by atoms with Gasteiger partial charge in [-0.05, 0) is 49.7 Å². The molecule has 0 atom stereocenters. The van der Waals surface area contributed by atoms with Crippen molar-refractivity contribution in [2.45, 2.75) is 20.4 Å². The first kappa shape index (κ1) is 22.9. The van der Waals surface area contributed by atoms with E-state index in [4.69, 9.17) is 9.47 Å². The molecular weight excluding hydrogens is 436 g/mol. The number of hydrogen-bond acceptors (Lipinski definition) is 5. The fourth-order valence-electron chi connectivity index (χ4n) is 3.98. The summed E-state index contributed by atoms with van der Waals surface area (Å²) in [7, 11) is 4.78. The van der Waals surface area contributed by atoms with Crippen molar-refractivity contribution in [1.29, 1.82) is 0 Å². The van der Waals surface area contributed by atoms with E-state index in [9.17, 15) is 14.4 Å². The maximum atomic E-state index is 13.5. The Kier molecular flexibility index (Phi) is 6.02. The second-order valence-corrected chi connectivity index (χ2v) is 8.04. The maximum absolute atomic E-state index is 13.5. The van der Waals surface area contributed by atoms with Crippen LogP contribution >= 0.6 is 0 Å². The summed E-state index contributed by atoms with van der Waals surface area (Å²) in [5.41, 5.74) is 2.25. The van der Waals surface area contributed by atoms with Crippen LogP contribution in [-0.4, -0.2) is 33.8 Å². The number of aryl methyl sites for hydroxylation is 3. The number of rotatable bonds is 6. The first-order valence-electron chi connectivity index (χ1n) is 10.7. The number of nitrogens with one attached hydrogen (secondary N) is 1. The van der Waals surface area contributed by atoms with Gasteiger partial charge in [0, 0.05) is 18.8 Å². The summed E-state index contributed by atoms with van der Waals surface area (Å²) in [6.07, 6.45) is 0. The standard InChI is InChI=1S/C25H26N4O5/c1-15-7-6-8-17(11-15)29-24(31)23-20(12-16(2)27(23)3)28(25(29)32)14-22(30)26-19-13-18(33-4)9-10-21(19)34-5/h6-13H,14H2,1-5H3,(H,26,30). The van der Waals surface area contributed by atoms with Gasteiger partial charge in [-0.1, -0.05) is 12.1 Å². The molecule has 2 aromatic carbocycles. The van der Waals surface area contributed by atoms with Gasteiger partial charge in [0.15, 0.2) is 0 Å². The van der Waals surface area contributed by atoms with Crippen molar-refractivity contribution in [1.82, 2.24) is 13.7 Å². The first-order chi connectivity index (χ1) is 16.2. The number of hydrogen-bond donors (Lipinski definition) is 1. The van der Waals surface area contributed by atoms with Gasteiger partial charge in [-0.2, -0.15) is 0 Å². The Morgan fingerprint density at radius 1 is 1.00 bits per heavy atom. The second-order valence-electron chi connectivity index (χ2n) is 8.04. The van der Waals surface area contributed by atoms with Gasteiger partial charge in [-0.3, -0.25) is 14.2 Å². The number of methoxy groups -OCH3 is 2. The zero-order chi connectivity index (χ0) is 24.6. The molecule has 176 valence electrons. The van der Waals surface area contributed by atoms with Crippen molar-refractivity contribution in [3.8, 4) is 17.2 Å². The monoisotopic (exact) mass is 462 g/mol. The molecule has 4 aromatic rings. The van der Waals surface area contributed by atoms with Gasteiger partial charge < -0.3 is 19.4 Å². The largest absolute Gasteiger partial charge is 0.497 e. The average Bonchev–Trinajstić information content (AvgIpc) is 3.11. The molecule has 9 heteroatoms. The fraction of sp³-hybridized carbons (Fsp3) is 0.240. The number of anilines is 1. The lowest BCUT2D eigenvalue weighted by Crippen LogP contribution is -2.41. The van der Waals surface area contributed by atoms with E-state index in [2.05, 4.69) is 5.32 Å². The predicted molar refractivity (Wildman–Crippen MR) is 130 cm³/mol. The number of nitrogens with zero attached hydrogens (tertiary/aromatic N) is 3. The summed E-state index contributed by atoms with van der Waals surface area (Å²) >= 11 is 0. The normalized spacial score (nSPS) is 11.0. The van der Waals surface area contributed by atoms with Crippen LogP contribution < -0.4 is 26.0 Å². The summed E-state index contributed by atoms with van der Waals surface area (Å²) in [6, 6.07) is 13.9. The van der Waals surface area contributed by atoms with Gasteiger partial charge in [-0.25, -0.2) is 9.36 Å². The van der Waals surface area contributed by atoms with E-state index < -0.39 is 17.2 Å². The highest BCUT2D eigenvalue weighted by Gasteiger charge is 2.20. The highest BCUT2D eigenvalue weighted by atomic mass is 16.5. The molecule has 0 fully saturated rings. The zero-order valence-electron chi connectivity index (χ0n) is 19.7. The third kappa shape index (κ3) is 3.96. The topological polar surface area (TPSA) is 96.5 Å². The molecule has 1 N–H and O–H groups in total.